The fourth-order valence-corrected chi connectivity index (χ4v) is 2.88. The molecule has 27 heavy (non-hydrogen) atoms. The van der Waals surface area contributed by atoms with E-state index in [1.54, 1.807) is 38.5 Å². The van der Waals surface area contributed by atoms with Gasteiger partial charge in [0.05, 0.1) is 19.7 Å². The zero-order valence-corrected chi connectivity index (χ0v) is 15.2. The van der Waals surface area contributed by atoms with E-state index >= 15 is 0 Å². The zero-order chi connectivity index (χ0) is 19.0. The van der Waals surface area contributed by atoms with E-state index in [1.165, 1.54) is 0 Å². The van der Waals surface area contributed by atoms with Crippen molar-refractivity contribution in [3.8, 4) is 22.9 Å². The lowest BCUT2D eigenvalue weighted by atomic mass is 10.1. The number of nitrogens with zero attached hydrogens (tertiary/aromatic N) is 2. The molecule has 1 aromatic heterocycles. The molecular formula is C20H20N4O3. The summed E-state index contributed by atoms with van der Waals surface area (Å²) >= 11 is 0. The monoisotopic (exact) mass is 364 g/mol. The smallest absolute Gasteiger partial charge is 0.251 e. The van der Waals surface area contributed by atoms with E-state index in [-0.39, 0.29) is 5.91 Å². The Morgan fingerprint density at radius 1 is 1.07 bits per heavy atom. The number of fused-ring (bicyclic) bond motifs is 1. The number of rotatable bonds is 5. The Morgan fingerprint density at radius 2 is 1.74 bits per heavy atom. The fourth-order valence-electron chi connectivity index (χ4n) is 2.88. The van der Waals surface area contributed by atoms with Crippen molar-refractivity contribution in [2.24, 2.45) is 0 Å². The largest absolute Gasteiger partial charge is 0.493 e. The lowest BCUT2D eigenvalue weighted by Crippen LogP contribution is -2.25. The third-order valence-corrected chi connectivity index (χ3v) is 4.55. The first-order valence-corrected chi connectivity index (χ1v) is 8.69. The first-order chi connectivity index (χ1) is 13.1. The molecular weight excluding hydrogens is 344 g/mol. The zero-order valence-electron chi connectivity index (χ0n) is 15.2. The average molecular weight is 364 g/mol. The third-order valence-electron chi connectivity index (χ3n) is 4.55. The number of carbonyl (C=O) groups is 1. The van der Waals surface area contributed by atoms with Crippen LogP contribution in [0.25, 0.3) is 22.3 Å². The SMILES string of the molecule is COc1cc2nc(-c3ccc(C(=O)NC4CC4)cc3)nc(N)c2cc1OC. The van der Waals surface area contributed by atoms with Crippen LogP contribution in [0.1, 0.15) is 23.2 Å². The van der Waals surface area contributed by atoms with Crippen molar-refractivity contribution in [2.75, 3.05) is 20.0 Å². The number of methoxy groups -OCH3 is 2. The second kappa shape index (κ2) is 6.75. The summed E-state index contributed by atoms with van der Waals surface area (Å²) in [5.41, 5.74) is 8.19. The Hall–Kier alpha value is -3.35. The van der Waals surface area contributed by atoms with Crippen LogP contribution in [-0.4, -0.2) is 36.1 Å². The van der Waals surface area contributed by atoms with Gasteiger partial charge in [0.15, 0.2) is 17.3 Å². The quantitative estimate of drug-likeness (QED) is 0.722. The second-order valence-corrected chi connectivity index (χ2v) is 6.48. The summed E-state index contributed by atoms with van der Waals surface area (Å²) in [7, 11) is 3.14. The number of benzene rings is 2. The molecule has 1 aliphatic carbocycles. The summed E-state index contributed by atoms with van der Waals surface area (Å²) in [4.78, 5) is 21.1. The molecule has 0 aliphatic heterocycles. The standard InChI is InChI=1S/C20H20N4O3/c1-26-16-9-14-15(10-17(16)27-2)23-19(24-18(14)21)11-3-5-12(6-4-11)20(25)22-13-7-8-13/h3-6,9-10,13H,7-8H2,1-2H3,(H,22,25)(H2,21,23,24). The number of hydrogen-bond acceptors (Lipinski definition) is 6. The van der Waals surface area contributed by atoms with E-state index in [2.05, 4.69) is 15.3 Å². The van der Waals surface area contributed by atoms with Gasteiger partial charge < -0.3 is 20.5 Å². The molecule has 1 amide bonds. The van der Waals surface area contributed by atoms with Gasteiger partial charge in [0.1, 0.15) is 5.82 Å². The van der Waals surface area contributed by atoms with Crippen molar-refractivity contribution < 1.29 is 14.3 Å². The van der Waals surface area contributed by atoms with Crippen LogP contribution in [0.4, 0.5) is 5.82 Å². The molecule has 2 aromatic carbocycles. The van der Waals surface area contributed by atoms with Gasteiger partial charge in [0.2, 0.25) is 0 Å². The summed E-state index contributed by atoms with van der Waals surface area (Å²) in [6, 6.07) is 11.0. The summed E-state index contributed by atoms with van der Waals surface area (Å²) in [5, 5.41) is 3.66. The Balaban J connectivity index is 1.69. The van der Waals surface area contributed by atoms with E-state index in [4.69, 9.17) is 15.2 Å². The molecule has 0 radical (unpaired) electrons. The van der Waals surface area contributed by atoms with Gasteiger partial charge >= 0.3 is 0 Å². The van der Waals surface area contributed by atoms with Crippen LogP contribution in [0.15, 0.2) is 36.4 Å². The van der Waals surface area contributed by atoms with Crippen LogP contribution in [0.5, 0.6) is 11.5 Å². The molecule has 0 saturated heterocycles. The summed E-state index contributed by atoms with van der Waals surface area (Å²) in [6.07, 6.45) is 2.12. The Labute approximate surface area is 156 Å². The van der Waals surface area contributed by atoms with Crippen LogP contribution in [0, 0.1) is 0 Å². The molecule has 1 fully saturated rings. The molecule has 0 spiro atoms. The highest BCUT2D eigenvalue weighted by molar-refractivity contribution is 5.95. The minimum atomic E-state index is -0.0557. The molecule has 138 valence electrons. The van der Waals surface area contributed by atoms with Gasteiger partial charge in [-0.3, -0.25) is 4.79 Å². The maximum absolute atomic E-state index is 12.1. The number of nitrogens with two attached hydrogens (primary N) is 1. The van der Waals surface area contributed by atoms with Crippen molar-refractivity contribution in [1.29, 1.82) is 0 Å². The molecule has 1 heterocycles. The molecule has 0 unspecified atom stereocenters. The van der Waals surface area contributed by atoms with Gasteiger partial charge in [-0.15, -0.1) is 0 Å². The molecule has 1 aliphatic rings. The Kier molecular flexibility index (Phi) is 4.27. The maximum Gasteiger partial charge on any atom is 0.251 e. The number of nitrogens with one attached hydrogen (secondary N) is 1. The van der Waals surface area contributed by atoms with Crippen molar-refractivity contribution in [3.05, 3.63) is 42.0 Å². The number of anilines is 1. The molecule has 4 rings (SSSR count). The van der Waals surface area contributed by atoms with Crippen molar-refractivity contribution in [1.82, 2.24) is 15.3 Å². The average Bonchev–Trinajstić information content (AvgIpc) is 3.51. The molecule has 0 bridgehead atoms. The van der Waals surface area contributed by atoms with Gasteiger partial charge in [-0.05, 0) is 31.0 Å². The van der Waals surface area contributed by atoms with Gasteiger partial charge in [-0.1, -0.05) is 12.1 Å². The lowest BCUT2D eigenvalue weighted by Gasteiger charge is -2.11. The van der Waals surface area contributed by atoms with Crippen molar-refractivity contribution in [3.63, 3.8) is 0 Å². The molecule has 7 heteroatoms. The highest BCUT2D eigenvalue weighted by Gasteiger charge is 2.23. The van der Waals surface area contributed by atoms with Crippen molar-refractivity contribution in [2.45, 2.75) is 18.9 Å². The number of amides is 1. The van der Waals surface area contributed by atoms with Crippen LogP contribution in [0.3, 0.4) is 0 Å². The Bertz CT molecular complexity index is 1010. The molecule has 3 N–H and O–H groups in total. The first kappa shape index (κ1) is 17.1. The maximum atomic E-state index is 12.1. The van der Waals surface area contributed by atoms with Gasteiger partial charge in [-0.25, -0.2) is 9.97 Å². The normalized spacial score (nSPS) is 13.4. The lowest BCUT2D eigenvalue weighted by molar-refractivity contribution is 0.0951. The number of hydrogen-bond donors (Lipinski definition) is 2. The van der Waals surface area contributed by atoms with Gasteiger partial charge in [0, 0.05) is 28.6 Å². The molecule has 7 nitrogen and oxygen atoms in total. The van der Waals surface area contributed by atoms with Crippen LogP contribution >= 0.6 is 0 Å². The second-order valence-electron chi connectivity index (χ2n) is 6.48. The summed E-state index contributed by atoms with van der Waals surface area (Å²) in [5.74, 6) is 1.92. The number of nitrogen functional groups attached to an aromatic ring is 1. The van der Waals surface area contributed by atoms with Crippen molar-refractivity contribution >= 4 is 22.6 Å². The first-order valence-electron chi connectivity index (χ1n) is 8.69. The van der Waals surface area contributed by atoms with E-state index in [0.29, 0.717) is 45.6 Å². The topological polar surface area (TPSA) is 99.4 Å². The predicted octanol–water partition coefficient (Wildman–Crippen LogP) is 2.79. The predicted molar refractivity (Wildman–Crippen MR) is 103 cm³/mol. The highest BCUT2D eigenvalue weighted by Crippen LogP contribution is 2.34. The van der Waals surface area contributed by atoms with Crippen LogP contribution in [-0.2, 0) is 0 Å². The number of carbonyl (C=O) groups excluding carboxylic acids is 1. The van der Waals surface area contributed by atoms with E-state index in [0.717, 1.165) is 18.4 Å². The van der Waals surface area contributed by atoms with Crippen LogP contribution in [0.2, 0.25) is 0 Å². The minimum absolute atomic E-state index is 0.0557. The molecule has 1 saturated carbocycles. The molecule has 3 aromatic rings. The highest BCUT2D eigenvalue weighted by atomic mass is 16.5. The number of ether oxygens (including phenoxy) is 2. The van der Waals surface area contributed by atoms with Crippen LogP contribution < -0.4 is 20.5 Å². The summed E-state index contributed by atoms with van der Waals surface area (Å²) in [6.45, 7) is 0. The third kappa shape index (κ3) is 3.36. The molecule has 0 atom stereocenters. The van der Waals surface area contributed by atoms with Gasteiger partial charge in [0.25, 0.3) is 5.91 Å². The van der Waals surface area contributed by atoms with Gasteiger partial charge in [-0.2, -0.15) is 0 Å². The summed E-state index contributed by atoms with van der Waals surface area (Å²) < 4.78 is 10.6. The van der Waals surface area contributed by atoms with E-state index in [1.807, 2.05) is 12.1 Å². The fraction of sp³-hybridized carbons (Fsp3) is 0.250. The number of aromatic nitrogens is 2. The minimum Gasteiger partial charge on any atom is -0.493 e. The van der Waals surface area contributed by atoms with E-state index in [9.17, 15) is 4.79 Å². The van der Waals surface area contributed by atoms with E-state index < -0.39 is 0 Å². The Morgan fingerprint density at radius 3 is 2.37 bits per heavy atom.